The molecule has 0 saturated heterocycles. The molecule has 0 spiro atoms. The van der Waals surface area contributed by atoms with Gasteiger partial charge in [-0.2, -0.15) is 0 Å². The van der Waals surface area contributed by atoms with Crippen molar-refractivity contribution in [2.75, 3.05) is 25.5 Å². The highest BCUT2D eigenvalue weighted by atomic mass is 16.5. The smallest absolute Gasteiger partial charge is 0.251 e. The van der Waals surface area contributed by atoms with E-state index in [1.165, 1.54) is 0 Å². The van der Waals surface area contributed by atoms with Crippen molar-refractivity contribution in [2.45, 2.75) is 32.2 Å². The fourth-order valence-corrected chi connectivity index (χ4v) is 3.23. The van der Waals surface area contributed by atoms with Gasteiger partial charge in [0.05, 0.1) is 19.7 Å². The molecule has 1 aliphatic carbocycles. The van der Waals surface area contributed by atoms with Gasteiger partial charge in [0.25, 0.3) is 5.91 Å². The fraction of sp³-hybridized carbons (Fsp3) is 0.391. The van der Waals surface area contributed by atoms with E-state index in [9.17, 15) is 9.59 Å². The molecule has 29 heavy (non-hydrogen) atoms. The van der Waals surface area contributed by atoms with Gasteiger partial charge in [-0.1, -0.05) is 25.1 Å². The molecule has 1 unspecified atom stereocenters. The Morgan fingerprint density at radius 2 is 1.90 bits per heavy atom. The molecule has 6 nitrogen and oxygen atoms in total. The average molecular weight is 396 g/mol. The second kappa shape index (κ2) is 9.96. The van der Waals surface area contributed by atoms with Gasteiger partial charge >= 0.3 is 0 Å². The van der Waals surface area contributed by atoms with E-state index in [1.807, 2.05) is 43.3 Å². The Morgan fingerprint density at radius 1 is 1.14 bits per heavy atom. The van der Waals surface area contributed by atoms with E-state index in [0.29, 0.717) is 18.0 Å². The molecule has 0 aromatic heterocycles. The lowest BCUT2D eigenvalue weighted by atomic mass is 10.0. The van der Waals surface area contributed by atoms with E-state index in [2.05, 4.69) is 16.0 Å². The standard InChI is InChI=1S/C23H29N3O3/c1-3-13-24-23(28)18-5-4-6-19(14-18)25-15-21(27)26-22(16-7-8-16)17-9-11-20(29-2)12-10-17/h4-6,9-12,14,16,22,25H,3,7-8,13,15H2,1-2H3,(H,24,28)(H,26,27). The maximum Gasteiger partial charge on any atom is 0.251 e. The van der Waals surface area contributed by atoms with Crippen molar-refractivity contribution in [2.24, 2.45) is 5.92 Å². The minimum atomic E-state index is -0.103. The Morgan fingerprint density at radius 3 is 2.55 bits per heavy atom. The van der Waals surface area contributed by atoms with E-state index in [4.69, 9.17) is 4.74 Å². The van der Waals surface area contributed by atoms with Gasteiger partial charge in [0.2, 0.25) is 5.91 Å². The molecule has 0 radical (unpaired) electrons. The van der Waals surface area contributed by atoms with Crippen LogP contribution in [0.25, 0.3) is 0 Å². The molecule has 2 aromatic carbocycles. The van der Waals surface area contributed by atoms with Gasteiger partial charge in [-0.25, -0.2) is 0 Å². The summed E-state index contributed by atoms with van der Waals surface area (Å²) in [5.41, 5.74) is 2.42. The minimum Gasteiger partial charge on any atom is -0.497 e. The molecule has 0 bridgehead atoms. The van der Waals surface area contributed by atoms with Gasteiger partial charge in [-0.05, 0) is 61.1 Å². The summed E-state index contributed by atoms with van der Waals surface area (Å²) in [5, 5.41) is 9.12. The van der Waals surface area contributed by atoms with Crippen molar-refractivity contribution in [3.63, 3.8) is 0 Å². The van der Waals surface area contributed by atoms with Crippen LogP contribution in [0, 0.1) is 5.92 Å². The van der Waals surface area contributed by atoms with Crippen LogP contribution in [0.5, 0.6) is 5.75 Å². The van der Waals surface area contributed by atoms with Gasteiger partial charge in [-0.3, -0.25) is 9.59 Å². The number of carbonyl (C=O) groups is 2. The normalized spacial score (nSPS) is 14.0. The summed E-state index contributed by atoms with van der Waals surface area (Å²) in [5.74, 6) is 1.11. The van der Waals surface area contributed by atoms with E-state index in [1.54, 1.807) is 19.2 Å². The lowest BCUT2D eigenvalue weighted by Gasteiger charge is -2.19. The van der Waals surface area contributed by atoms with E-state index in [0.717, 1.165) is 36.3 Å². The summed E-state index contributed by atoms with van der Waals surface area (Å²) < 4.78 is 5.22. The first-order valence-corrected chi connectivity index (χ1v) is 10.2. The van der Waals surface area contributed by atoms with Crippen LogP contribution in [0.2, 0.25) is 0 Å². The Bertz CT molecular complexity index is 832. The van der Waals surface area contributed by atoms with Gasteiger partial charge < -0.3 is 20.7 Å². The lowest BCUT2D eigenvalue weighted by molar-refractivity contribution is -0.120. The van der Waals surface area contributed by atoms with Crippen LogP contribution in [-0.2, 0) is 4.79 Å². The van der Waals surface area contributed by atoms with Crippen molar-refractivity contribution < 1.29 is 14.3 Å². The molecule has 6 heteroatoms. The van der Waals surface area contributed by atoms with Crippen LogP contribution >= 0.6 is 0 Å². The van der Waals surface area contributed by atoms with Gasteiger partial charge in [-0.15, -0.1) is 0 Å². The van der Waals surface area contributed by atoms with Crippen molar-refractivity contribution in [3.05, 3.63) is 59.7 Å². The van der Waals surface area contributed by atoms with E-state index in [-0.39, 0.29) is 24.4 Å². The summed E-state index contributed by atoms with van der Waals surface area (Å²) in [4.78, 5) is 24.6. The zero-order chi connectivity index (χ0) is 20.6. The topological polar surface area (TPSA) is 79.5 Å². The number of hydrogen-bond donors (Lipinski definition) is 3. The van der Waals surface area contributed by atoms with Crippen LogP contribution < -0.4 is 20.7 Å². The van der Waals surface area contributed by atoms with Crippen LogP contribution in [0.1, 0.15) is 48.1 Å². The molecule has 0 aliphatic heterocycles. The number of carbonyl (C=O) groups excluding carboxylic acids is 2. The fourth-order valence-electron chi connectivity index (χ4n) is 3.23. The number of nitrogens with one attached hydrogen (secondary N) is 3. The summed E-state index contributed by atoms with van der Waals surface area (Å²) in [6.45, 7) is 2.81. The second-order valence-electron chi connectivity index (χ2n) is 7.35. The maximum absolute atomic E-state index is 12.5. The Labute approximate surface area is 172 Å². The molecule has 0 heterocycles. The molecular weight excluding hydrogens is 366 g/mol. The maximum atomic E-state index is 12.5. The molecule has 3 N–H and O–H groups in total. The Hall–Kier alpha value is -3.02. The monoisotopic (exact) mass is 395 g/mol. The molecule has 1 fully saturated rings. The summed E-state index contributed by atoms with van der Waals surface area (Å²) >= 11 is 0. The number of benzene rings is 2. The second-order valence-corrected chi connectivity index (χ2v) is 7.35. The predicted octanol–water partition coefficient (Wildman–Crippen LogP) is 3.51. The molecule has 1 aliphatic rings. The molecule has 2 amide bonds. The van der Waals surface area contributed by atoms with Crippen molar-refractivity contribution in [1.29, 1.82) is 0 Å². The molecule has 1 saturated carbocycles. The summed E-state index contributed by atoms with van der Waals surface area (Å²) in [6, 6.07) is 15.1. The number of hydrogen-bond acceptors (Lipinski definition) is 4. The predicted molar refractivity (Wildman–Crippen MR) is 114 cm³/mol. The third-order valence-corrected chi connectivity index (χ3v) is 5.00. The number of ether oxygens (including phenoxy) is 1. The number of rotatable bonds is 10. The van der Waals surface area contributed by atoms with Crippen LogP contribution in [0.4, 0.5) is 5.69 Å². The van der Waals surface area contributed by atoms with Crippen LogP contribution in [-0.4, -0.2) is 32.0 Å². The Kier molecular flexibility index (Phi) is 7.11. The quantitative estimate of drug-likeness (QED) is 0.575. The highest BCUT2D eigenvalue weighted by molar-refractivity contribution is 5.95. The zero-order valence-corrected chi connectivity index (χ0v) is 17.0. The van der Waals surface area contributed by atoms with Gasteiger partial charge in [0.15, 0.2) is 0 Å². The SMILES string of the molecule is CCCNC(=O)c1cccc(NCC(=O)NC(c2ccc(OC)cc2)C2CC2)c1. The number of anilines is 1. The highest BCUT2D eigenvalue weighted by Gasteiger charge is 2.33. The lowest BCUT2D eigenvalue weighted by Crippen LogP contribution is -2.34. The van der Waals surface area contributed by atoms with Crippen molar-refractivity contribution >= 4 is 17.5 Å². The van der Waals surface area contributed by atoms with Crippen molar-refractivity contribution in [1.82, 2.24) is 10.6 Å². The third-order valence-electron chi connectivity index (χ3n) is 5.00. The van der Waals surface area contributed by atoms with Gasteiger partial charge in [0.1, 0.15) is 5.75 Å². The average Bonchev–Trinajstić information content (AvgIpc) is 3.60. The molecule has 2 aromatic rings. The highest BCUT2D eigenvalue weighted by Crippen LogP contribution is 2.41. The van der Waals surface area contributed by atoms with E-state index >= 15 is 0 Å². The first-order chi connectivity index (χ1) is 14.1. The number of methoxy groups -OCH3 is 1. The first kappa shape index (κ1) is 20.7. The zero-order valence-electron chi connectivity index (χ0n) is 17.0. The minimum absolute atomic E-state index is 0.0152. The molecule has 1 atom stereocenters. The van der Waals surface area contributed by atoms with Crippen LogP contribution in [0.15, 0.2) is 48.5 Å². The Balaban J connectivity index is 1.56. The number of amides is 2. The van der Waals surface area contributed by atoms with Crippen molar-refractivity contribution in [3.8, 4) is 5.75 Å². The summed E-state index contributed by atoms with van der Waals surface area (Å²) in [6.07, 6.45) is 3.14. The molecular formula is C23H29N3O3. The molecule has 154 valence electrons. The van der Waals surface area contributed by atoms with E-state index < -0.39 is 0 Å². The van der Waals surface area contributed by atoms with Crippen LogP contribution in [0.3, 0.4) is 0 Å². The molecule has 3 rings (SSSR count). The largest absolute Gasteiger partial charge is 0.497 e. The first-order valence-electron chi connectivity index (χ1n) is 10.2. The van der Waals surface area contributed by atoms with Gasteiger partial charge in [0, 0.05) is 17.8 Å². The third kappa shape index (κ3) is 5.98. The summed E-state index contributed by atoms with van der Waals surface area (Å²) in [7, 11) is 1.64.